The van der Waals surface area contributed by atoms with Gasteiger partial charge in [-0.2, -0.15) is 0 Å². The smallest absolute Gasteiger partial charge is 0.250 e. The lowest BCUT2D eigenvalue weighted by Gasteiger charge is -2.37. The molecule has 2 bridgehead atoms. The predicted octanol–water partition coefficient (Wildman–Crippen LogP) is 3.15. The van der Waals surface area contributed by atoms with Crippen LogP contribution in [0.4, 0.5) is 5.69 Å². The number of alkyl halides is 1. The van der Waals surface area contributed by atoms with Gasteiger partial charge in [-0.1, -0.05) is 45.4 Å². The Morgan fingerprint density at radius 1 is 1.15 bits per heavy atom. The number of para-hydroxylation sites is 1. The Kier molecular flexibility index (Phi) is 9.49. The Morgan fingerprint density at radius 3 is 2.60 bits per heavy atom. The summed E-state index contributed by atoms with van der Waals surface area (Å²) in [6, 6.07) is 13.6. The lowest BCUT2D eigenvalue weighted by molar-refractivity contribution is -0.149. The summed E-state index contributed by atoms with van der Waals surface area (Å²) < 4.78 is 13.9. The highest BCUT2D eigenvalue weighted by Gasteiger charge is 2.76. The number of benzene rings is 2. The molecule has 0 aliphatic carbocycles. The van der Waals surface area contributed by atoms with Gasteiger partial charge in [0.1, 0.15) is 29.6 Å². The van der Waals surface area contributed by atoms with Gasteiger partial charge in [-0.15, -0.1) is 18.3 Å². The van der Waals surface area contributed by atoms with Crippen molar-refractivity contribution in [3.63, 3.8) is 0 Å². The number of aromatic nitrogens is 3. The van der Waals surface area contributed by atoms with Crippen LogP contribution in [-0.4, -0.2) is 103 Å². The van der Waals surface area contributed by atoms with Gasteiger partial charge in [0.2, 0.25) is 17.7 Å². The number of nitrogens with zero attached hydrogens (tertiary/aromatic N) is 6. The summed E-state index contributed by atoms with van der Waals surface area (Å²) in [5.74, 6) is -2.02. The van der Waals surface area contributed by atoms with Crippen molar-refractivity contribution in [3.8, 4) is 5.75 Å². The molecule has 1 aromatic heterocycles. The Hall–Kier alpha value is -4.07. The Labute approximate surface area is 281 Å². The zero-order valence-corrected chi connectivity index (χ0v) is 27.9. The largest absolute Gasteiger partial charge is 0.494 e. The van der Waals surface area contributed by atoms with Crippen molar-refractivity contribution in [1.82, 2.24) is 24.8 Å². The van der Waals surface area contributed by atoms with E-state index >= 15 is 0 Å². The minimum atomic E-state index is -1.26. The van der Waals surface area contributed by atoms with Gasteiger partial charge in [-0.25, -0.2) is 4.68 Å². The number of carbonyl (C=O) groups excluding carboxylic acids is 3. The number of halogens is 1. The van der Waals surface area contributed by atoms with E-state index in [4.69, 9.17) is 9.47 Å². The van der Waals surface area contributed by atoms with Crippen LogP contribution in [0.1, 0.15) is 19.8 Å². The van der Waals surface area contributed by atoms with Gasteiger partial charge >= 0.3 is 0 Å². The van der Waals surface area contributed by atoms with Crippen LogP contribution in [0.3, 0.4) is 0 Å². The number of aliphatic hydroxyl groups is 1. The third-order valence-electron chi connectivity index (χ3n) is 9.29. The van der Waals surface area contributed by atoms with Crippen LogP contribution >= 0.6 is 15.9 Å². The quantitative estimate of drug-likeness (QED) is 0.200. The Morgan fingerprint density at radius 2 is 1.89 bits per heavy atom. The highest BCUT2D eigenvalue weighted by Crippen LogP contribution is 2.60. The SMILES string of the molecule is C=CCN(Cn1nnc2ccccc21)C(=O)C1N(CCCO)C(=O)[C@@H]2[C@@H](C(=O)N(CC=C)c3ccc(OCC)cc3)[C@@H]3OC12CC3Br. The van der Waals surface area contributed by atoms with E-state index in [1.54, 1.807) is 50.9 Å². The highest BCUT2D eigenvalue weighted by molar-refractivity contribution is 9.09. The van der Waals surface area contributed by atoms with Crippen LogP contribution in [0.2, 0.25) is 0 Å². The number of carbonyl (C=O) groups is 3. The number of ether oxygens (including phenoxy) is 2. The zero-order valence-electron chi connectivity index (χ0n) is 26.3. The summed E-state index contributed by atoms with van der Waals surface area (Å²) in [6.07, 6.45) is 3.26. The highest BCUT2D eigenvalue weighted by atomic mass is 79.9. The first-order valence-electron chi connectivity index (χ1n) is 15.9. The molecular weight excluding hydrogens is 668 g/mol. The number of likely N-dealkylation sites (tertiary alicyclic amines) is 1. The maximum atomic E-state index is 14.7. The summed E-state index contributed by atoms with van der Waals surface area (Å²) in [5, 5.41) is 18.2. The van der Waals surface area contributed by atoms with Gasteiger partial charge < -0.3 is 29.3 Å². The van der Waals surface area contributed by atoms with Crippen molar-refractivity contribution < 1.29 is 29.0 Å². The molecule has 1 N–H and O–H groups in total. The van der Waals surface area contributed by atoms with E-state index in [-0.39, 0.29) is 61.9 Å². The van der Waals surface area contributed by atoms with Crippen molar-refractivity contribution in [2.24, 2.45) is 11.8 Å². The van der Waals surface area contributed by atoms with Crippen LogP contribution in [-0.2, 0) is 25.8 Å². The van der Waals surface area contributed by atoms with Crippen molar-refractivity contribution in [2.45, 2.75) is 49.0 Å². The Balaban J connectivity index is 1.36. The third-order valence-corrected chi connectivity index (χ3v) is 10.1. The predicted molar refractivity (Wildman–Crippen MR) is 179 cm³/mol. The molecule has 1 spiro atoms. The number of anilines is 1. The van der Waals surface area contributed by atoms with Gasteiger partial charge in [-0.3, -0.25) is 14.4 Å². The van der Waals surface area contributed by atoms with Crippen molar-refractivity contribution in [2.75, 3.05) is 37.7 Å². The fourth-order valence-electron chi connectivity index (χ4n) is 7.42. The van der Waals surface area contributed by atoms with Crippen molar-refractivity contribution >= 4 is 50.4 Å². The number of amides is 3. The first-order valence-corrected chi connectivity index (χ1v) is 16.8. The summed E-state index contributed by atoms with van der Waals surface area (Å²) in [6.45, 7) is 10.6. The number of hydrogen-bond donors (Lipinski definition) is 1. The standard InChI is InChI=1S/C34H39BrN6O6/c1-4-16-38(21-41-26-11-8-7-10-25(26)36-37-41)33(45)30-34-20-24(35)29(47-34)27(28(34)32(44)40(30)18-9-19-42)31(43)39(17-5-2)22-12-14-23(15-13-22)46-6-3/h4-5,7-8,10-15,24,27-30,42H,1-2,6,9,16-21H2,3H3/t24?,27-,28+,29-,30?,34?/m1/s1. The van der Waals surface area contributed by atoms with E-state index in [1.165, 1.54) is 4.90 Å². The van der Waals surface area contributed by atoms with Gasteiger partial charge in [0.25, 0.3) is 0 Å². The molecule has 12 nitrogen and oxygen atoms in total. The van der Waals surface area contributed by atoms with Crippen molar-refractivity contribution in [1.29, 1.82) is 0 Å². The van der Waals surface area contributed by atoms with Gasteiger partial charge in [0.15, 0.2) is 0 Å². The molecule has 3 aliphatic heterocycles. The number of fused-ring (bicyclic) bond motifs is 2. The average molecular weight is 708 g/mol. The first kappa shape index (κ1) is 32.9. The summed E-state index contributed by atoms with van der Waals surface area (Å²) in [7, 11) is 0. The summed E-state index contributed by atoms with van der Waals surface area (Å²) >= 11 is 3.75. The molecule has 6 atom stereocenters. The maximum Gasteiger partial charge on any atom is 0.250 e. The van der Waals surface area contributed by atoms with E-state index < -0.39 is 29.6 Å². The molecule has 3 aliphatic rings. The number of aliphatic hydroxyl groups excluding tert-OH is 1. The van der Waals surface area contributed by atoms with E-state index in [2.05, 4.69) is 39.4 Å². The molecule has 248 valence electrons. The molecule has 0 saturated carbocycles. The maximum absolute atomic E-state index is 14.7. The molecule has 3 aromatic rings. The van der Waals surface area contributed by atoms with Crippen LogP contribution in [0, 0.1) is 11.8 Å². The van der Waals surface area contributed by atoms with E-state index in [9.17, 15) is 19.5 Å². The minimum absolute atomic E-state index is 0.0685. The second-order valence-electron chi connectivity index (χ2n) is 12.0. The normalized spacial score (nSPS) is 26.0. The van der Waals surface area contributed by atoms with Crippen molar-refractivity contribution in [3.05, 3.63) is 73.8 Å². The molecule has 3 unspecified atom stereocenters. The van der Waals surface area contributed by atoms with E-state index in [0.717, 1.165) is 5.52 Å². The molecule has 0 radical (unpaired) electrons. The minimum Gasteiger partial charge on any atom is -0.494 e. The monoisotopic (exact) mass is 706 g/mol. The molecule has 6 rings (SSSR count). The van der Waals surface area contributed by atoms with Gasteiger partial charge in [0.05, 0.1) is 30.1 Å². The molecule has 3 amide bonds. The lowest BCUT2D eigenvalue weighted by atomic mass is 9.70. The first-order chi connectivity index (χ1) is 22.8. The molecule has 47 heavy (non-hydrogen) atoms. The van der Waals surface area contributed by atoms with E-state index in [0.29, 0.717) is 30.0 Å². The van der Waals surface area contributed by atoms with Crippen LogP contribution in [0.5, 0.6) is 5.75 Å². The summed E-state index contributed by atoms with van der Waals surface area (Å²) in [5.41, 5.74) is 0.820. The second-order valence-corrected chi connectivity index (χ2v) is 13.2. The van der Waals surface area contributed by atoms with Crippen LogP contribution in [0.15, 0.2) is 73.8 Å². The molecule has 3 fully saturated rings. The molecule has 3 saturated heterocycles. The zero-order chi connectivity index (χ0) is 33.3. The van der Waals surface area contributed by atoms with E-state index in [1.807, 2.05) is 31.2 Å². The average Bonchev–Trinajstić information content (AvgIpc) is 3.79. The number of hydrogen-bond acceptors (Lipinski definition) is 8. The fraction of sp³-hybridized carbons (Fsp3) is 0.441. The van der Waals surface area contributed by atoms with Crippen LogP contribution in [0.25, 0.3) is 11.0 Å². The summed E-state index contributed by atoms with van der Waals surface area (Å²) in [4.78, 5) is 48.1. The second kappa shape index (κ2) is 13.6. The lowest BCUT2D eigenvalue weighted by Crippen LogP contribution is -2.57. The molecule has 13 heteroatoms. The van der Waals surface area contributed by atoms with Gasteiger partial charge in [-0.05, 0) is 56.2 Å². The topological polar surface area (TPSA) is 130 Å². The molecule has 2 aromatic carbocycles. The molecular formula is C34H39BrN6O6. The van der Waals surface area contributed by atoms with Crippen LogP contribution < -0.4 is 9.64 Å². The molecule has 4 heterocycles. The fourth-order valence-corrected chi connectivity index (χ4v) is 8.37. The number of rotatable bonds is 14. The van der Waals surface area contributed by atoms with Gasteiger partial charge in [0, 0.05) is 36.8 Å². The Bertz CT molecular complexity index is 1660. The third kappa shape index (κ3) is 5.63.